The standard InChI is InChI=1S/C14H10Cl2N2O2/c1-19-13-6-10(17)9(16)5-8(13)14-18-11-4-7(15)2-3-12(11)20-14/h2-6H,17H2,1H3. The number of methoxy groups -OCH3 is 1. The van der Waals surface area contributed by atoms with E-state index in [9.17, 15) is 0 Å². The van der Waals surface area contributed by atoms with E-state index in [-0.39, 0.29) is 0 Å². The Morgan fingerprint density at radius 1 is 1.20 bits per heavy atom. The second kappa shape index (κ2) is 4.89. The normalized spacial score (nSPS) is 10.9. The molecule has 0 saturated heterocycles. The number of oxazole rings is 1. The second-order valence-corrected chi connectivity index (χ2v) is 5.05. The Morgan fingerprint density at radius 2 is 2.00 bits per heavy atom. The maximum atomic E-state index is 6.05. The van der Waals surface area contributed by atoms with Gasteiger partial charge in [0.05, 0.1) is 23.4 Å². The molecule has 0 bridgehead atoms. The molecule has 0 spiro atoms. The number of nitrogens with two attached hydrogens (primary N) is 1. The van der Waals surface area contributed by atoms with Crippen molar-refractivity contribution >= 4 is 40.0 Å². The third kappa shape index (κ3) is 2.17. The Balaban J connectivity index is 2.22. The number of halogens is 2. The summed E-state index contributed by atoms with van der Waals surface area (Å²) in [6.07, 6.45) is 0. The van der Waals surface area contributed by atoms with Crippen molar-refractivity contribution in [3.63, 3.8) is 0 Å². The topological polar surface area (TPSA) is 61.3 Å². The number of hydrogen-bond donors (Lipinski definition) is 1. The molecular formula is C14H10Cl2N2O2. The van der Waals surface area contributed by atoms with E-state index in [2.05, 4.69) is 4.98 Å². The maximum absolute atomic E-state index is 6.05. The summed E-state index contributed by atoms with van der Waals surface area (Å²) in [6, 6.07) is 8.54. The summed E-state index contributed by atoms with van der Waals surface area (Å²) >= 11 is 12.0. The Morgan fingerprint density at radius 3 is 2.75 bits per heavy atom. The van der Waals surface area contributed by atoms with Crippen LogP contribution in [-0.2, 0) is 0 Å². The van der Waals surface area contributed by atoms with Crippen LogP contribution in [-0.4, -0.2) is 12.1 Å². The van der Waals surface area contributed by atoms with Gasteiger partial charge in [-0.2, -0.15) is 0 Å². The number of fused-ring (bicyclic) bond motifs is 1. The van der Waals surface area contributed by atoms with Crippen LogP contribution in [0.4, 0.5) is 5.69 Å². The van der Waals surface area contributed by atoms with E-state index in [1.54, 1.807) is 37.4 Å². The lowest BCUT2D eigenvalue weighted by molar-refractivity contribution is 0.415. The van der Waals surface area contributed by atoms with Crippen molar-refractivity contribution in [3.8, 4) is 17.2 Å². The Hall–Kier alpha value is -1.91. The van der Waals surface area contributed by atoms with E-state index in [4.69, 9.17) is 38.1 Å². The first kappa shape index (κ1) is 13.1. The fourth-order valence-corrected chi connectivity index (χ4v) is 2.25. The number of nitrogen functional groups attached to an aromatic ring is 1. The van der Waals surface area contributed by atoms with Crippen molar-refractivity contribution in [2.75, 3.05) is 12.8 Å². The average molecular weight is 309 g/mol. The van der Waals surface area contributed by atoms with Crippen LogP contribution in [0.15, 0.2) is 34.7 Å². The van der Waals surface area contributed by atoms with Crippen LogP contribution >= 0.6 is 23.2 Å². The highest BCUT2D eigenvalue weighted by Crippen LogP contribution is 2.37. The van der Waals surface area contributed by atoms with Gasteiger partial charge in [-0.25, -0.2) is 4.98 Å². The van der Waals surface area contributed by atoms with Crippen LogP contribution in [0.1, 0.15) is 0 Å². The molecule has 1 aromatic heterocycles. The number of aromatic nitrogens is 1. The quantitative estimate of drug-likeness (QED) is 0.713. The molecule has 4 nitrogen and oxygen atoms in total. The van der Waals surface area contributed by atoms with Gasteiger partial charge in [0.2, 0.25) is 5.89 Å². The lowest BCUT2D eigenvalue weighted by Crippen LogP contribution is -1.93. The number of rotatable bonds is 2. The monoisotopic (exact) mass is 308 g/mol. The van der Waals surface area contributed by atoms with Gasteiger partial charge in [-0.05, 0) is 24.3 Å². The van der Waals surface area contributed by atoms with Crippen molar-refractivity contribution in [2.45, 2.75) is 0 Å². The van der Waals surface area contributed by atoms with Crippen molar-refractivity contribution < 1.29 is 9.15 Å². The zero-order chi connectivity index (χ0) is 14.3. The first-order chi connectivity index (χ1) is 9.58. The molecule has 3 aromatic rings. The molecule has 6 heteroatoms. The number of ether oxygens (including phenoxy) is 1. The zero-order valence-corrected chi connectivity index (χ0v) is 12.0. The highest BCUT2D eigenvalue weighted by molar-refractivity contribution is 6.33. The molecule has 2 aromatic carbocycles. The maximum Gasteiger partial charge on any atom is 0.231 e. The molecule has 0 amide bonds. The molecule has 0 radical (unpaired) electrons. The van der Waals surface area contributed by atoms with Crippen molar-refractivity contribution in [3.05, 3.63) is 40.4 Å². The van der Waals surface area contributed by atoms with Gasteiger partial charge in [-0.1, -0.05) is 23.2 Å². The molecule has 0 atom stereocenters. The summed E-state index contributed by atoms with van der Waals surface area (Å²) in [5.41, 5.74) is 8.14. The van der Waals surface area contributed by atoms with Crippen LogP contribution in [0.25, 0.3) is 22.6 Å². The van der Waals surface area contributed by atoms with E-state index in [0.29, 0.717) is 44.0 Å². The molecule has 2 N–H and O–H groups in total. The molecule has 1 heterocycles. The van der Waals surface area contributed by atoms with Gasteiger partial charge in [0.25, 0.3) is 0 Å². The summed E-state index contributed by atoms with van der Waals surface area (Å²) in [6.45, 7) is 0. The Kier molecular flexibility index (Phi) is 3.20. The van der Waals surface area contributed by atoms with E-state index < -0.39 is 0 Å². The average Bonchev–Trinajstić information content (AvgIpc) is 2.84. The number of anilines is 1. The first-order valence-corrected chi connectivity index (χ1v) is 6.53. The smallest absolute Gasteiger partial charge is 0.231 e. The molecule has 0 unspecified atom stereocenters. The molecular weight excluding hydrogens is 299 g/mol. The van der Waals surface area contributed by atoms with Crippen molar-refractivity contribution in [2.24, 2.45) is 0 Å². The number of benzene rings is 2. The Bertz CT molecular complexity index is 799. The van der Waals surface area contributed by atoms with Gasteiger partial charge in [0, 0.05) is 11.1 Å². The number of hydrogen-bond acceptors (Lipinski definition) is 4. The van der Waals surface area contributed by atoms with E-state index in [0.717, 1.165) is 0 Å². The molecule has 0 aliphatic rings. The predicted molar refractivity (Wildman–Crippen MR) is 80.4 cm³/mol. The third-order valence-electron chi connectivity index (χ3n) is 2.90. The largest absolute Gasteiger partial charge is 0.496 e. The van der Waals surface area contributed by atoms with Crippen LogP contribution < -0.4 is 10.5 Å². The summed E-state index contributed by atoms with van der Waals surface area (Å²) in [5.74, 6) is 0.950. The second-order valence-electron chi connectivity index (χ2n) is 4.21. The molecule has 20 heavy (non-hydrogen) atoms. The minimum Gasteiger partial charge on any atom is -0.496 e. The van der Waals surface area contributed by atoms with Gasteiger partial charge in [0.1, 0.15) is 11.3 Å². The van der Waals surface area contributed by atoms with Crippen LogP contribution in [0.5, 0.6) is 5.75 Å². The summed E-state index contributed by atoms with van der Waals surface area (Å²) < 4.78 is 11.0. The molecule has 0 aliphatic heterocycles. The molecule has 3 rings (SSSR count). The highest BCUT2D eigenvalue weighted by Gasteiger charge is 2.15. The lowest BCUT2D eigenvalue weighted by atomic mass is 10.2. The lowest BCUT2D eigenvalue weighted by Gasteiger charge is -2.07. The summed E-state index contributed by atoms with van der Waals surface area (Å²) in [4.78, 5) is 4.39. The van der Waals surface area contributed by atoms with E-state index >= 15 is 0 Å². The van der Waals surface area contributed by atoms with Crippen LogP contribution in [0.2, 0.25) is 10.0 Å². The minimum absolute atomic E-state index is 0.404. The fourth-order valence-electron chi connectivity index (χ4n) is 1.92. The van der Waals surface area contributed by atoms with Crippen LogP contribution in [0.3, 0.4) is 0 Å². The van der Waals surface area contributed by atoms with Gasteiger partial charge in [-0.3, -0.25) is 0 Å². The predicted octanol–water partition coefficient (Wildman–Crippen LogP) is 4.39. The first-order valence-electron chi connectivity index (χ1n) is 5.78. The molecule has 102 valence electrons. The van der Waals surface area contributed by atoms with Gasteiger partial charge in [0.15, 0.2) is 5.58 Å². The Labute approximate surface area is 125 Å². The summed E-state index contributed by atoms with van der Waals surface area (Å²) in [5, 5.41) is 1.01. The van der Waals surface area contributed by atoms with Crippen LogP contribution in [0, 0.1) is 0 Å². The van der Waals surface area contributed by atoms with E-state index in [1.807, 2.05) is 0 Å². The van der Waals surface area contributed by atoms with Gasteiger partial charge >= 0.3 is 0 Å². The van der Waals surface area contributed by atoms with Crippen molar-refractivity contribution in [1.29, 1.82) is 0 Å². The van der Waals surface area contributed by atoms with E-state index in [1.165, 1.54) is 0 Å². The molecule has 0 saturated carbocycles. The SMILES string of the molecule is COc1cc(N)c(Cl)cc1-c1nc2cc(Cl)ccc2o1. The molecule has 0 aliphatic carbocycles. The highest BCUT2D eigenvalue weighted by atomic mass is 35.5. The summed E-state index contributed by atoms with van der Waals surface area (Å²) in [7, 11) is 1.55. The third-order valence-corrected chi connectivity index (χ3v) is 3.46. The minimum atomic E-state index is 0.404. The van der Waals surface area contributed by atoms with Gasteiger partial charge < -0.3 is 14.9 Å². The fraction of sp³-hybridized carbons (Fsp3) is 0.0714. The number of nitrogens with zero attached hydrogens (tertiary/aromatic N) is 1. The van der Waals surface area contributed by atoms with Gasteiger partial charge in [-0.15, -0.1) is 0 Å². The molecule has 0 fully saturated rings. The van der Waals surface area contributed by atoms with Crippen molar-refractivity contribution in [1.82, 2.24) is 4.98 Å². The zero-order valence-electron chi connectivity index (χ0n) is 10.5.